The van der Waals surface area contributed by atoms with Crippen LogP contribution in [0, 0.1) is 0 Å². The standard InChI is InChI=1S/C21H24N2O4S/c1-2-23-17-12-14-22(21(24)16-8-4-3-5-9-16)15-13-18(17)27-19-10-6-7-11-20(19)28(23,25)26/h3-11,17-18H,2,12-15H2,1H3/t17-,18-/m0/s1. The lowest BCUT2D eigenvalue weighted by Gasteiger charge is -2.30. The van der Waals surface area contributed by atoms with Crippen LogP contribution in [0.1, 0.15) is 30.1 Å². The van der Waals surface area contributed by atoms with Crippen LogP contribution < -0.4 is 4.74 Å². The summed E-state index contributed by atoms with van der Waals surface area (Å²) in [6.45, 7) is 3.25. The highest BCUT2D eigenvalue weighted by molar-refractivity contribution is 7.89. The Kier molecular flexibility index (Phi) is 5.12. The van der Waals surface area contributed by atoms with E-state index in [9.17, 15) is 13.2 Å². The summed E-state index contributed by atoms with van der Waals surface area (Å²) in [6.07, 6.45) is 0.848. The third-order valence-electron chi connectivity index (χ3n) is 5.51. The predicted molar refractivity (Wildman–Crippen MR) is 106 cm³/mol. The minimum absolute atomic E-state index is 0.0247. The number of fused-ring (bicyclic) bond motifs is 2. The van der Waals surface area contributed by atoms with Crippen LogP contribution >= 0.6 is 0 Å². The van der Waals surface area contributed by atoms with Gasteiger partial charge in [-0.15, -0.1) is 0 Å². The summed E-state index contributed by atoms with van der Waals surface area (Å²) in [6, 6.07) is 15.7. The van der Waals surface area contributed by atoms with E-state index < -0.39 is 10.0 Å². The SMILES string of the molecule is CCN1[C@H]2CCN(C(=O)c3ccccc3)CC[C@@H]2Oc2ccccc2S1(=O)=O. The lowest BCUT2D eigenvalue weighted by atomic mass is 10.1. The average Bonchev–Trinajstić information content (AvgIpc) is 2.96. The molecular formula is C21H24N2O4S. The Hall–Kier alpha value is -2.38. The van der Waals surface area contributed by atoms with Crippen molar-refractivity contribution in [2.75, 3.05) is 19.6 Å². The molecule has 7 heteroatoms. The second kappa shape index (κ2) is 7.56. The third-order valence-corrected chi connectivity index (χ3v) is 7.55. The van der Waals surface area contributed by atoms with Crippen molar-refractivity contribution in [3.8, 4) is 5.75 Å². The normalized spacial score (nSPS) is 24.2. The molecule has 0 spiro atoms. The number of nitrogens with zero attached hydrogens (tertiary/aromatic N) is 2. The minimum Gasteiger partial charge on any atom is -0.487 e. The van der Waals surface area contributed by atoms with Crippen LogP contribution in [0.2, 0.25) is 0 Å². The smallest absolute Gasteiger partial charge is 0.253 e. The molecule has 2 aliphatic heterocycles. The number of rotatable bonds is 2. The van der Waals surface area contributed by atoms with E-state index in [1.165, 1.54) is 0 Å². The van der Waals surface area contributed by atoms with Crippen molar-refractivity contribution in [3.05, 3.63) is 60.2 Å². The molecule has 0 aliphatic carbocycles. The van der Waals surface area contributed by atoms with E-state index >= 15 is 0 Å². The van der Waals surface area contributed by atoms with Crippen LogP contribution in [0.4, 0.5) is 0 Å². The average molecular weight is 401 g/mol. The Bertz CT molecular complexity index is 961. The number of sulfonamides is 1. The monoisotopic (exact) mass is 400 g/mol. The molecule has 0 saturated carbocycles. The van der Waals surface area contributed by atoms with Gasteiger partial charge in [0, 0.05) is 31.6 Å². The number of hydrogen-bond donors (Lipinski definition) is 0. The van der Waals surface area contributed by atoms with Crippen molar-refractivity contribution in [1.29, 1.82) is 0 Å². The van der Waals surface area contributed by atoms with E-state index in [4.69, 9.17) is 4.74 Å². The fourth-order valence-corrected chi connectivity index (χ4v) is 5.94. The fourth-order valence-electron chi connectivity index (χ4n) is 4.13. The van der Waals surface area contributed by atoms with Gasteiger partial charge in [-0.1, -0.05) is 37.3 Å². The van der Waals surface area contributed by atoms with Crippen molar-refractivity contribution in [1.82, 2.24) is 9.21 Å². The van der Waals surface area contributed by atoms with E-state index in [-0.39, 0.29) is 22.9 Å². The number of benzene rings is 2. The first-order valence-corrected chi connectivity index (χ1v) is 11.1. The van der Waals surface area contributed by atoms with Crippen molar-refractivity contribution in [2.24, 2.45) is 0 Å². The van der Waals surface area contributed by atoms with Crippen LogP contribution in [-0.2, 0) is 10.0 Å². The first-order valence-electron chi connectivity index (χ1n) is 9.64. The van der Waals surface area contributed by atoms with E-state index in [2.05, 4.69) is 0 Å². The second-order valence-electron chi connectivity index (χ2n) is 7.11. The summed E-state index contributed by atoms with van der Waals surface area (Å²) in [5.41, 5.74) is 0.649. The van der Waals surface area contributed by atoms with E-state index in [0.717, 1.165) is 0 Å². The zero-order valence-corrected chi connectivity index (χ0v) is 16.6. The number of ether oxygens (including phenoxy) is 1. The molecule has 1 amide bonds. The molecule has 2 aromatic carbocycles. The van der Waals surface area contributed by atoms with Crippen LogP contribution in [0.15, 0.2) is 59.5 Å². The highest BCUT2D eigenvalue weighted by atomic mass is 32.2. The van der Waals surface area contributed by atoms with Gasteiger partial charge in [0.2, 0.25) is 10.0 Å². The molecule has 0 bridgehead atoms. The minimum atomic E-state index is -3.64. The van der Waals surface area contributed by atoms with Crippen molar-refractivity contribution in [3.63, 3.8) is 0 Å². The fraction of sp³-hybridized carbons (Fsp3) is 0.381. The van der Waals surface area contributed by atoms with Gasteiger partial charge < -0.3 is 9.64 Å². The van der Waals surface area contributed by atoms with Gasteiger partial charge in [0.05, 0.1) is 6.04 Å². The summed E-state index contributed by atoms with van der Waals surface area (Å²) in [7, 11) is -3.64. The predicted octanol–water partition coefficient (Wildman–Crippen LogP) is 2.76. The first-order chi connectivity index (χ1) is 13.5. The molecule has 0 radical (unpaired) electrons. The molecular weight excluding hydrogens is 376 g/mol. The van der Waals surface area contributed by atoms with Crippen LogP contribution in [-0.4, -0.2) is 55.3 Å². The summed E-state index contributed by atoms with van der Waals surface area (Å²) in [5, 5.41) is 0. The van der Waals surface area contributed by atoms with Crippen molar-refractivity contribution in [2.45, 2.75) is 36.8 Å². The molecule has 2 heterocycles. The molecule has 148 valence electrons. The van der Waals surface area contributed by atoms with Gasteiger partial charge in [0.25, 0.3) is 5.91 Å². The number of amides is 1. The molecule has 0 unspecified atom stereocenters. The molecule has 0 N–H and O–H groups in total. The topological polar surface area (TPSA) is 66.9 Å². The summed E-state index contributed by atoms with van der Waals surface area (Å²) >= 11 is 0. The number of likely N-dealkylation sites (tertiary alicyclic amines) is 1. The number of para-hydroxylation sites is 1. The second-order valence-corrected chi connectivity index (χ2v) is 8.97. The highest BCUT2D eigenvalue weighted by Crippen LogP contribution is 2.36. The van der Waals surface area contributed by atoms with Gasteiger partial charge in [0.15, 0.2) is 0 Å². The van der Waals surface area contributed by atoms with E-state index in [1.54, 1.807) is 45.6 Å². The maximum absolute atomic E-state index is 13.2. The summed E-state index contributed by atoms with van der Waals surface area (Å²) < 4.78 is 34.2. The van der Waals surface area contributed by atoms with Gasteiger partial charge in [-0.25, -0.2) is 8.42 Å². The number of likely N-dealkylation sites (N-methyl/N-ethyl adjacent to an activating group) is 1. The highest BCUT2D eigenvalue weighted by Gasteiger charge is 2.42. The molecule has 28 heavy (non-hydrogen) atoms. The third kappa shape index (κ3) is 3.29. The largest absolute Gasteiger partial charge is 0.487 e. The van der Waals surface area contributed by atoms with Crippen molar-refractivity contribution >= 4 is 15.9 Å². The lowest BCUT2D eigenvalue weighted by Crippen LogP contribution is -2.47. The molecule has 2 aromatic rings. The Labute approximate surface area is 165 Å². The number of hydrogen-bond acceptors (Lipinski definition) is 4. The Morgan fingerprint density at radius 1 is 1.04 bits per heavy atom. The first kappa shape index (κ1) is 19.0. The van der Waals surface area contributed by atoms with Crippen LogP contribution in [0.25, 0.3) is 0 Å². The Balaban J connectivity index is 1.64. The van der Waals surface area contributed by atoms with Gasteiger partial charge >= 0.3 is 0 Å². The Morgan fingerprint density at radius 3 is 2.46 bits per heavy atom. The molecule has 1 fully saturated rings. The summed E-state index contributed by atoms with van der Waals surface area (Å²) in [5.74, 6) is 0.375. The van der Waals surface area contributed by atoms with Gasteiger partial charge in [-0.05, 0) is 30.7 Å². The van der Waals surface area contributed by atoms with E-state index in [1.807, 2.05) is 25.1 Å². The molecule has 2 atom stereocenters. The zero-order valence-electron chi connectivity index (χ0n) is 15.8. The van der Waals surface area contributed by atoms with Gasteiger partial charge in [0.1, 0.15) is 16.7 Å². The van der Waals surface area contributed by atoms with Gasteiger partial charge in [-0.3, -0.25) is 4.79 Å². The molecule has 4 rings (SSSR count). The molecule has 1 saturated heterocycles. The summed E-state index contributed by atoms with van der Waals surface area (Å²) in [4.78, 5) is 14.9. The van der Waals surface area contributed by atoms with Gasteiger partial charge in [-0.2, -0.15) is 4.31 Å². The van der Waals surface area contributed by atoms with Crippen LogP contribution in [0.3, 0.4) is 0 Å². The maximum Gasteiger partial charge on any atom is 0.253 e. The molecule has 6 nitrogen and oxygen atoms in total. The number of carbonyl (C=O) groups excluding carboxylic acids is 1. The quantitative estimate of drug-likeness (QED) is 0.778. The lowest BCUT2D eigenvalue weighted by molar-refractivity contribution is 0.0755. The van der Waals surface area contributed by atoms with Crippen molar-refractivity contribution < 1.29 is 17.9 Å². The Morgan fingerprint density at radius 2 is 1.71 bits per heavy atom. The zero-order chi connectivity index (χ0) is 19.7. The maximum atomic E-state index is 13.2. The van der Waals surface area contributed by atoms with E-state index in [0.29, 0.717) is 43.8 Å². The molecule has 0 aromatic heterocycles. The van der Waals surface area contributed by atoms with Crippen LogP contribution in [0.5, 0.6) is 5.75 Å². The molecule has 2 aliphatic rings. The number of carbonyl (C=O) groups is 1.